The molecule has 1 N–H and O–H groups in total. The highest BCUT2D eigenvalue weighted by Gasteiger charge is 2.34. The first kappa shape index (κ1) is 14.1. The van der Waals surface area contributed by atoms with Crippen molar-refractivity contribution in [3.8, 4) is 6.07 Å². The Morgan fingerprint density at radius 1 is 1.29 bits per heavy atom. The maximum absolute atomic E-state index is 12.8. The van der Waals surface area contributed by atoms with Gasteiger partial charge in [0.15, 0.2) is 0 Å². The zero-order valence-electron chi connectivity index (χ0n) is 12.2. The number of benzene rings is 1. The average Bonchev–Trinajstić information content (AvgIpc) is 3.38. The van der Waals surface area contributed by atoms with Crippen molar-refractivity contribution >= 4 is 5.91 Å². The summed E-state index contributed by atoms with van der Waals surface area (Å²) in [4.78, 5) is 14.8. The van der Waals surface area contributed by atoms with Gasteiger partial charge in [0, 0.05) is 18.2 Å². The normalized spacial score (nSPS) is 19.0. The van der Waals surface area contributed by atoms with Crippen LogP contribution in [0.4, 0.5) is 0 Å². The van der Waals surface area contributed by atoms with Crippen molar-refractivity contribution in [2.24, 2.45) is 5.92 Å². The van der Waals surface area contributed by atoms with Crippen molar-refractivity contribution in [3.05, 3.63) is 35.4 Å². The van der Waals surface area contributed by atoms with Gasteiger partial charge in [0.2, 0.25) is 0 Å². The molecule has 1 saturated heterocycles. The molecule has 0 spiro atoms. The minimum absolute atomic E-state index is 0.0909. The fourth-order valence-electron chi connectivity index (χ4n) is 3.01. The molecule has 1 heterocycles. The average molecular weight is 283 g/mol. The predicted octanol–water partition coefficient (Wildman–Crippen LogP) is 2.16. The Balaban J connectivity index is 1.73. The molecule has 1 aliphatic heterocycles. The van der Waals surface area contributed by atoms with E-state index in [2.05, 4.69) is 11.4 Å². The molecule has 1 aliphatic carbocycles. The lowest BCUT2D eigenvalue weighted by atomic mass is 9.97. The molecule has 0 bridgehead atoms. The summed E-state index contributed by atoms with van der Waals surface area (Å²) in [6.07, 6.45) is 4.53. The van der Waals surface area contributed by atoms with Gasteiger partial charge in [-0.2, -0.15) is 5.26 Å². The number of carbonyl (C=O) groups is 1. The Morgan fingerprint density at radius 2 is 2.05 bits per heavy atom. The Morgan fingerprint density at radius 3 is 2.71 bits per heavy atom. The van der Waals surface area contributed by atoms with Crippen molar-refractivity contribution in [3.63, 3.8) is 0 Å². The van der Waals surface area contributed by atoms with Gasteiger partial charge in [0.1, 0.15) is 0 Å². The summed E-state index contributed by atoms with van der Waals surface area (Å²) in [5.41, 5.74) is 1.20. The molecule has 2 fully saturated rings. The zero-order chi connectivity index (χ0) is 14.7. The third kappa shape index (κ3) is 3.43. The van der Waals surface area contributed by atoms with Crippen LogP contribution in [0.1, 0.15) is 41.6 Å². The van der Waals surface area contributed by atoms with Crippen LogP contribution < -0.4 is 5.32 Å². The molecule has 2 aliphatic rings. The fraction of sp³-hybridized carbons (Fsp3) is 0.529. The van der Waals surface area contributed by atoms with Crippen LogP contribution in [0.25, 0.3) is 0 Å². The number of amides is 1. The Kier molecular flexibility index (Phi) is 4.21. The highest BCUT2D eigenvalue weighted by Crippen LogP contribution is 2.30. The molecule has 0 radical (unpaired) electrons. The highest BCUT2D eigenvalue weighted by atomic mass is 16.2. The molecule has 21 heavy (non-hydrogen) atoms. The predicted molar refractivity (Wildman–Crippen MR) is 80.8 cm³/mol. The van der Waals surface area contributed by atoms with Crippen LogP contribution in [-0.2, 0) is 0 Å². The Labute approximate surface area is 125 Å². The number of piperidine rings is 1. The smallest absolute Gasteiger partial charge is 0.254 e. The van der Waals surface area contributed by atoms with Crippen LogP contribution in [0.3, 0.4) is 0 Å². The van der Waals surface area contributed by atoms with Crippen LogP contribution in [0.15, 0.2) is 24.3 Å². The summed E-state index contributed by atoms with van der Waals surface area (Å²) >= 11 is 0. The maximum Gasteiger partial charge on any atom is 0.254 e. The van der Waals surface area contributed by atoms with E-state index in [4.69, 9.17) is 5.26 Å². The van der Waals surface area contributed by atoms with Crippen LogP contribution >= 0.6 is 0 Å². The molecule has 0 atom stereocenters. The third-order valence-electron chi connectivity index (χ3n) is 4.40. The van der Waals surface area contributed by atoms with Crippen molar-refractivity contribution in [2.75, 3.05) is 19.6 Å². The summed E-state index contributed by atoms with van der Waals surface area (Å²) in [6.45, 7) is 2.98. The Hall–Kier alpha value is -1.86. The van der Waals surface area contributed by atoms with Crippen molar-refractivity contribution in [1.29, 1.82) is 5.26 Å². The van der Waals surface area contributed by atoms with Gasteiger partial charge in [0.25, 0.3) is 5.91 Å². The molecule has 1 aromatic carbocycles. The largest absolute Gasteiger partial charge is 0.335 e. The summed E-state index contributed by atoms with van der Waals surface area (Å²) in [5.74, 6) is 0.697. The van der Waals surface area contributed by atoms with Crippen LogP contribution in [0, 0.1) is 17.2 Å². The number of nitriles is 1. The number of rotatable bonds is 4. The minimum Gasteiger partial charge on any atom is -0.335 e. The zero-order valence-corrected chi connectivity index (χ0v) is 12.2. The first-order valence-corrected chi connectivity index (χ1v) is 7.80. The summed E-state index contributed by atoms with van der Waals surface area (Å²) in [6, 6.07) is 9.59. The van der Waals surface area contributed by atoms with Crippen molar-refractivity contribution in [2.45, 2.75) is 31.7 Å². The fourth-order valence-corrected chi connectivity index (χ4v) is 3.01. The van der Waals surface area contributed by atoms with E-state index >= 15 is 0 Å². The van der Waals surface area contributed by atoms with E-state index in [0.717, 1.165) is 45.3 Å². The first-order valence-electron chi connectivity index (χ1n) is 7.80. The molecule has 1 saturated carbocycles. The van der Waals surface area contributed by atoms with Crippen molar-refractivity contribution in [1.82, 2.24) is 10.2 Å². The standard InChI is InChI=1S/C17H21N3O/c18-11-14-2-1-3-15(10-14)17(21)20(16-4-5-16)12-13-6-8-19-9-7-13/h1-3,10,13,16,19H,4-9,12H2. The topological polar surface area (TPSA) is 56.1 Å². The van der Waals surface area contributed by atoms with E-state index in [-0.39, 0.29) is 5.91 Å². The summed E-state index contributed by atoms with van der Waals surface area (Å²) in [7, 11) is 0. The summed E-state index contributed by atoms with van der Waals surface area (Å²) in [5, 5.41) is 12.4. The van der Waals surface area contributed by atoms with E-state index < -0.39 is 0 Å². The molecule has 110 valence electrons. The van der Waals surface area contributed by atoms with Gasteiger partial charge in [-0.3, -0.25) is 4.79 Å². The van der Waals surface area contributed by atoms with E-state index in [9.17, 15) is 4.79 Å². The lowest BCUT2D eigenvalue weighted by Gasteiger charge is -2.30. The van der Waals surface area contributed by atoms with Crippen LogP contribution in [0.2, 0.25) is 0 Å². The molecule has 1 amide bonds. The number of nitrogens with one attached hydrogen (secondary N) is 1. The maximum atomic E-state index is 12.8. The lowest BCUT2D eigenvalue weighted by molar-refractivity contribution is 0.0701. The second kappa shape index (κ2) is 6.28. The number of carbonyl (C=O) groups excluding carboxylic acids is 1. The van der Waals surface area contributed by atoms with E-state index in [0.29, 0.717) is 23.1 Å². The van der Waals surface area contributed by atoms with E-state index in [1.807, 2.05) is 11.0 Å². The van der Waals surface area contributed by atoms with Gasteiger partial charge in [-0.1, -0.05) is 6.07 Å². The van der Waals surface area contributed by atoms with Crippen LogP contribution in [-0.4, -0.2) is 36.5 Å². The van der Waals surface area contributed by atoms with Gasteiger partial charge in [-0.25, -0.2) is 0 Å². The Bertz CT molecular complexity index is 553. The van der Waals surface area contributed by atoms with E-state index in [1.165, 1.54) is 0 Å². The lowest BCUT2D eigenvalue weighted by Crippen LogP contribution is -2.40. The quantitative estimate of drug-likeness (QED) is 0.921. The van der Waals surface area contributed by atoms with E-state index in [1.54, 1.807) is 18.2 Å². The molecule has 4 heteroatoms. The number of hydrogen-bond donors (Lipinski definition) is 1. The highest BCUT2D eigenvalue weighted by molar-refractivity contribution is 5.95. The van der Waals surface area contributed by atoms with Gasteiger partial charge >= 0.3 is 0 Å². The molecule has 3 rings (SSSR count). The van der Waals surface area contributed by atoms with Gasteiger partial charge in [-0.05, 0) is 62.9 Å². The molecule has 4 nitrogen and oxygen atoms in total. The minimum atomic E-state index is 0.0909. The first-order chi connectivity index (χ1) is 10.3. The second-order valence-corrected chi connectivity index (χ2v) is 6.07. The van der Waals surface area contributed by atoms with Gasteiger partial charge in [0.05, 0.1) is 11.6 Å². The molecule has 0 unspecified atom stereocenters. The van der Waals surface area contributed by atoms with Gasteiger partial charge in [-0.15, -0.1) is 0 Å². The number of nitrogens with zero attached hydrogens (tertiary/aromatic N) is 2. The monoisotopic (exact) mass is 283 g/mol. The third-order valence-corrected chi connectivity index (χ3v) is 4.40. The molecule has 1 aromatic rings. The summed E-state index contributed by atoms with van der Waals surface area (Å²) < 4.78 is 0. The molecular formula is C17H21N3O. The van der Waals surface area contributed by atoms with Crippen molar-refractivity contribution < 1.29 is 4.79 Å². The number of hydrogen-bond acceptors (Lipinski definition) is 3. The molecule has 0 aromatic heterocycles. The van der Waals surface area contributed by atoms with Gasteiger partial charge < -0.3 is 10.2 Å². The molecular weight excluding hydrogens is 262 g/mol. The SMILES string of the molecule is N#Cc1cccc(C(=O)N(CC2CCNCC2)C2CC2)c1. The van der Waals surface area contributed by atoms with Crippen LogP contribution in [0.5, 0.6) is 0 Å². The second-order valence-electron chi connectivity index (χ2n) is 6.07.